The SMILES string of the molecule is CCNc1nc(-c2cnccn2)nc2c1COCC2. The zero-order valence-corrected chi connectivity index (χ0v) is 10.8. The minimum atomic E-state index is 0.568. The van der Waals surface area contributed by atoms with Crippen LogP contribution >= 0.6 is 0 Å². The van der Waals surface area contributed by atoms with Crippen molar-refractivity contribution in [3.63, 3.8) is 0 Å². The molecule has 0 bridgehead atoms. The molecular formula is C13H15N5O. The summed E-state index contributed by atoms with van der Waals surface area (Å²) in [6.07, 6.45) is 5.77. The van der Waals surface area contributed by atoms with Gasteiger partial charge >= 0.3 is 0 Å². The van der Waals surface area contributed by atoms with Crippen molar-refractivity contribution in [2.24, 2.45) is 0 Å². The molecule has 3 rings (SSSR count). The van der Waals surface area contributed by atoms with Gasteiger partial charge in [-0.2, -0.15) is 0 Å². The number of hydrogen-bond donors (Lipinski definition) is 1. The van der Waals surface area contributed by atoms with Gasteiger partial charge in [-0.3, -0.25) is 4.98 Å². The Hall–Kier alpha value is -2.08. The Balaban J connectivity index is 2.09. The average Bonchev–Trinajstić information content (AvgIpc) is 2.48. The lowest BCUT2D eigenvalue weighted by molar-refractivity contribution is 0.109. The van der Waals surface area contributed by atoms with E-state index in [1.54, 1.807) is 18.6 Å². The van der Waals surface area contributed by atoms with Gasteiger partial charge in [0, 0.05) is 30.9 Å². The minimum absolute atomic E-state index is 0.568. The molecule has 19 heavy (non-hydrogen) atoms. The molecule has 0 saturated heterocycles. The van der Waals surface area contributed by atoms with Gasteiger partial charge in [0.25, 0.3) is 0 Å². The molecular weight excluding hydrogens is 242 g/mol. The summed E-state index contributed by atoms with van der Waals surface area (Å²) >= 11 is 0. The zero-order valence-electron chi connectivity index (χ0n) is 10.8. The molecule has 2 aromatic rings. The number of anilines is 1. The molecule has 0 aromatic carbocycles. The highest BCUT2D eigenvalue weighted by Crippen LogP contribution is 2.24. The molecule has 2 aromatic heterocycles. The van der Waals surface area contributed by atoms with Crippen LogP contribution in [0.2, 0.25) is 0 Å². The van der Waals surface area contributed by atoms with Crippen molar-refractivity contribution in [1.29, 1.82) is 0 Å². The molecule has 0 radical (unpaired) electrons. The molecule has 1 aliphatic rings. The Morgan fingerprint density at radius 1 is 1.32 bits per heavy atom. The van der Waals surface area contributed by atoms with E-state index < -0.39 is 0 Å². The minimum Gasteiger partial charge on any atom is -0.376 e. The predicted octanol–water partition coefficient (Wildman–Crippen LogP) is 1.44. The maximum absolute atomic E-state index is 5.48. The first-order valence-corrected chi connectivity index (χ1v) is 6.36. The number of aromatic nitrogens is 4. The molecule has 0 fully saturated rings. The van der Waals surface area contributed by atoms with Crippen molar-refractivity contribution in [3.8, 4) is 11.5 Å². The fourth-order valence-corrected chi connectivity index (χ4v) is 2.07. The van der Waals surface area contributed by atoms with Gasteiger partial charge in [0.05, 0.1) is 25.1 Å². The molecule has 98 valence electrons. The van der Waals surface area contributed by atoms with E-state index in [1.807, 2.05) is 6.92 Å². The van der Waals surface area contributed by atoms with Gasteiger partial charge < -0.3 is 10.1 Å². The standard InChI is InChI=1S/C13H15N5O/c1-2-15-12-9-8-19-6-3-10(9)17-13(18-12)11-7-14-4-5-16-11/h4-5,7H,2-3,6,8H2,1H3,(H,15,17,18). The molecule has 3 heterocycles. The lowest BCUT2D eigenvalue weighted by atomic mass is 10.1. The summed E-state index contributed by atoms with van der Waals surface area (Å²) in [5, 5.41) is 3.27. The van der Waals surface area contributed by atoms with E-state index in [9.17, 15) is 0 Å². The number of ether oxygens (including phenoxy) is 1. The topological polar surface area (TPSA) is 72.8 Å². The molecule has 0 aliphatic carbocycles. The fraction of sp³-hybridized carbons (Fsp3) is 0.385. The van der Waals surface area contributed by atoms with Gasteiger partial charge in [-0.1, -0.05) is 0 Å². The second-order valence-electron chi connectivity index (χ2n) is 4.24. The van der Waals surface area contributed by atoms with E-state index in [1.165, 1.54) is 0 Å². The van der Waals surface area contributed by atoms with Crippen LogP contribution in [0.3, 0.4) is 0 Å². The molecule has 0 unspecified atom stereocenters. The van der Waals surface area contributed by atoms with Crippen LogP contribution in [0.1, 0.15) is 18.2 Å². The van der Waals surface area contributed by atoms with Crippen LogP contribution in [-0.2, 0) is 17.8 Å². The van der Waals surface area contributed by atoms with Crippen LogP contribution in [0.25, 0.3) is 11.5 Å². The normalized spacial score (nSPS) is 13.9. The van der Waals surface area contributed by atoms with E-state index in [0.29, 0.717) is 24.7 Å². The molecule has 0 spiro atoms. The number of nitrogens with zero attached hydrogens (tertiary/aromatic N) is 4. The summed E-state index contributed by atoms with van der Waals surface area (Å²) in [4.78, 5) is 17.4. The highest BCUT2D eigenvalue weighted by atomic mass is 16.5. The summed E-state index contributed by atoms with van der Waals surface area (Å²) in [5.41, 5.74) is 2.79. The molecule has 1 N–H and O–H groups in total. The second-order valence-corrected chi connectivity index (χ2v) is 4.24. The Morgan fingerprint density at radius 2 is 2.26 bits per heavy atom. The fourth-order valence-electron chi connectivity index (χ4n) is 2.07. The van der Waals surface area contributed by atoms with Crippen molar-refractivity contribution >= 4 is 5.82 Å². The van der Waals surface area contributed by atoms with Gasteiger partial charge in [0.2, 0.25) is 0 Å². The van der Waals surface area contributed by atoms with Crippen LogP contribution in [0.4, 0.5) is 5.82 Å². The van der Waals surface area contributed by atoms with E-state index in [-0.39, 0.29) is 0 Å². The summed E-state index contributed by atoms with van der Waals surface area (Å²) in [6, 6.07) is 0. The third-order valence-corrected chi connectivity index (χ3v) is 2.96. The summed E-state index contributed by atoms with van der Waals surface area (Å²) in [6.45, 7) is 4.12. The van der Waals surface area contributed by atoms with Crippen molar-refractivity contribution in [2.75, 3.05) is 18.5 Å². The lowest BCUT2D eigenvalue weighted by Crippen LogP contribution is -2.17. The van der Waals surface area contributed by atoms with Crippen LogP contribution in [-0.4, -0.2) is 33.1 Å². The third-order valence-electron chi connectivity index (χ3n) is 2.96. The summed E-state index contributed by atoms with van der Waals surface area (Å²) in [5.74, 6) is 1.46. The van der Waals surface area contributed by atoms with Crippen molar-refractivity contribution in [1.82, 2.24) is 19.9 Å². The maximum atomic E-state index is 5.48. The van der Waals surface area contributed by atoms with Crippen molar-refractivity contribution in [2.45, 2.75) is 20.0 Å². The molecule has 6 heteroatoms. The highest BCUT2D eigenvalue weighted by molar-refractivity contribution is 5.56. The predicted molar refractivity (Wildman–Crippen MR) is 70.6 cm³/mol. The van der Waals surface area contributed by atoms with E-state index in [4.69, 9.17) is 4.74 Å². The Labute approximate surface area is 111 Å². The monoisotopic (exact) mass is 257 g/mol. The first-order valence-electron chi connectivity index (χ1n) is 6.36. The molecule has 0 atom stereocenters. The van der Waals surface area contributed by atoms with Crippen LogP contribution in [0, 0.1) is 0 Å². The van der Waals surface area contributed by atoms with Crippen LogP contribution in [0.5, 0.6) is 0 Å². The van der Waals surface area contributed by atoms with Gasteiger partial charge in [0.1, 0.15) is 11.5 Å². The zero-order chi connectivity index (χ0) is 13.1. The molecule has 6 nitrogen and oxygen atoms in total. The largest absolute Gasteiger partial charge is 0.376 e. The molecule has 1 aliphatic heterocycles. The van der Waals surface area contributed by atoms with Crippen molar-refractivity contribution in [3.05, 3.63) is 29.8 Å². The average molecular weight is 257 g/mol. The lowest BCUT2D eigenvalue weighted by Gasteiger charge is -2.19. The number of hydrogen-bond acceptors (Lipinski definition) is 6. The van der Waals surface area contributed by atoms with Gasteiger partial charge in [-0.05, 0) is 6.92 Å². The van der Waals surface area contributed by atoms with Crippen LogP contribution < -0.4 is 5.32 Å². The van der Waals surface area contributed by atoms with E-state index in [2.05, 4.69) is 25.3 Å². The third kappa shape index (κ3) is 2.39. The quantitative estimate of drug-likeness (QED) is 0.897. The second kappa shape index (κ2) is 5.27. The molecule has 0 saturated carbocycles. The number of rotatable bonds is 3. The Kier molecular flexibility index (Phi) is 3.33. The number of nitrogens with one attached hydrogen (secondary N) is 1. The van der Waals surface area contributed by atoms with Gasteiger partial charge in [-0.15, -0.1) is 0 Å². The molecule has 0 amide bonds. The summed E-state index contributed by atoms with van der Waals surface area (Å²) < 4.78 is 5.48. The first kappa shape index (κ1) is 12.0. The van der Waals surface area contributed by atoms with Crippen molar-refractivity contribution < 1.29 is 4.74 Å². The van der Waals surface area contributed by atoms with E-state index >= 15 is 0 Å². The highest BCUT2D eigenvalue weighted by Gasteiger charge is 2.18. The first-order chi connectivity index (χ1) is 9.38. The smallest absolute Gasteiger partial charge is 0.182 e. The Bertz CT molecular complexity index is 573. The van der Waals surface area contributed by atoms with Gasteiger partial charge in [-0.25, -0.2) is 15.0 Å². The maximum Gasteiger partial charge on any atom is 0.182 e. The summed E-state index contributed by atoms with van der Waals surface area (Å²) in [7, 11) is 0. The van der Waals surface area contributed by atoms with E-state index in [0.717, 1.165) is 30.0 Å². The Morgan fingerprint density at radius 3 is 3.05 bits per heavy atom. The van der Waals surface area contributed by atoms with Gasteiger partial charge in [0.15, 0.2) is 5.82 Å². The number of fused-ring (bicyclic) bond motifs is 1. The van der Waals surface area contributed by atoms with Crippen LogP contribution in [0.15, 0.2) is 18.6 Å².